The van der Waals surface area contributed by atoms with Gasteiger partial charge in [0.25, 0.3) is 0 Å². The van der Waals surface area contributed by atoms with Crippen molar-refractivity contribution in [2.24, 2.45) is 0 Å². The first-order chi connectivity index (χ1) is 2.41. The van der Waals surface area contributed by atoms with Crippen LogP contribution in [0.1, 0.15) is 6.92 Å². The van der Waals surface area contributed by atoms with Gasteiger partial charge in [0.05, 0.1) is 0 Å². The van der Waals surface area contributed by atoms with Gasteiger partial charge < -0.3 is 0 Å². The first-order valence-electron chi connectivity index (χ1n) is 1.30. The molecule has 2 heteroatoms. The van der Waals surface area contributed by atoms with E-state index in [-0.39, 0.29) is 0 Å². The summed E-state index contributed by atoms with van der Waals surface area (Å²) in [5.74, 6) is 0. The smallest absolute Gasteiger partial charge is 0.000764 e. The summed E-state index contributed by atoms with van der Waals surface area (Å²) in [7, 11) is 1.69. The zero-order valence-corrected chi connectivity index (χ0v) is 5.91. The molecule has 0 rings (SSSR count). The summed E-state index contributed by atoms with van der Waals surface area (Å²) in [5.41, 5.74) is 0. The SMILES string of the molecule is CC=CSI. The maximum Gasteiger partial charge on any atom is 0.000764 e. The lowest BCUT2D eigenvalue weighted by molar-refractivity contribution is 1.79. The summed E-state index contributed by atoms with van der Waals surface area (Å²) in [4.78, 5) is 0. The predicted octanol–water partition coefficient (Wildman–Crippen LogP) is 2.60. The van der Waals surface area contributed by atoms with Crippen molar-refractivity contribution in [2.75, 3.05) is 0 Å². The third-order valence-electron chi connectivity index (χ3n) is 0.188. The molecule has 0 aliphatic heterocycles. The molecular weight excluding hydrogens is 195 g/mol. The van der Waals surface area contributed by atoms with Crippen molar-refractivity contribution in [3.05, 3.63) is 11.5 Å². The topological polar surface area (TPSA) is 0 Å². The van der Waals surface area contributed by atoms with E-state index in [4.69, 9.17) is 0 Å². The average molecular weight is 200 g/mol. The van der Waals surface area contributed by atoms with Crippen molar-refractivity contribution in [1.29, 1.82) is 0 Å². The summed E-state index contributed by atoms with van der Waals surface area (Å²) in [6.45, 7) is 2.01. The van der Waals surface area contributed by atoms with Crippen molar-refractivity contribution < 1.29 is 0 Å². The molecule has 0 atom stereocenters. The Bertz CT molecular complexity index is 33.9. The maximum absolute atomic E-state index is 2.22. The lowest BCUT2D eigenvalue weighted by atomic mass is 10.8. The minimum atomic E-state index is 1.69. The number of halogens is 1. The molecule has 0 aromatic rings. The third-order valence-corrected chi connectivity index (χ3v) is 1.44. The highest BCUT2D eigenvalue weighted by molar-refractivity contribution is 14.2. The Morgan fingerprint density at radius 3 is 2.40 bits per heavy atom. The standard InChI is InChI=1S/C3H5IS/c1-2-3-5-4/h2-3H,1H3. The van der Waals surface area contributed by atoms with Crippen molar-refractivity contribution in [3.63, 3.8) is 0 Å². The molecule has 0 heterocycles. The van der Waals surface area contributed by atoms with Crippen LogP contribution in [0.5, 0.6) is 0 Å². The van der Waals surface area contributed by atoms with Crippen LogP contribution in [0.25, 0.3) is 0 Å². The fourth-order valence-corrected chi connectivity index (χ4v) is 1.04. The van der Waals surface area contributed by atoms with Gasteiger partial charge in [-0.15, -0.1) is 0 Å². The van der Waals surface area contributed by atoms with Crippen molar-refractivity contribution in [2.45, 2.75) is 6.92 Å². The molecule has 0 nitrogen and oxygen atoms in total. The molecule has 0 amide bonds. The van der Waals surface area contributed by atoms with E-state index in [2.05, 4.69) is 21.2 Å². The molecule has 0 N–H and O–H groups in total. The van der Waals surface area contributed by atoms with Gasteiger partial charge in [0, 0.05) is 21.2 Å². The van der Waals surface area contributed by atoms with Crippen LogP contribution in [0, 0.1) is 0 Å². The van der Waals surface area contributed by atoms with E-state index < -0.39 is 0 Å². The molecule has 0 bridgehead atoms. The summed E-state index contributed by atoms with van der Waals surface area (Å²) < 4.78 is 0. The number of hydrogen-bond acceptors (Lipinski definition) is 1. The summed E-state index contributed by atoms with van der Waals surface area (Å²) in [5, 5.41) is 2.03. The van der Waals surface area contributed by atoms with Gasteiger partial charge in [0.2, 0.25) is 0 Å². The minimum Gasteiger partial charge on any atom is -0.0805 e. The van der Waals surface area contributed by atoms with Gasteiger partial charge in [0.1, 0.15) is 0 Å². The van der Waals surface area contributed by atoms with Crippen LogP contribution >= 0.6 is 30.1 Å². The molecule has 0 spiro atoms. The molecule has 0 saturated carbocycles. The van der Waals surface area contributed by atoms with Gasteiger partial charge in [-0.2, -0.15) is 0 Å². The second-order valence-electron chi connectivity index (χ2n) is 0.559. The van der Waals surface area contributed by atoms with Crippen LogP contribution in [0.4, 0.5) is 0 Å². The van der Waals surface area contributed by atoms with Crippen LogP contribution in [0.2, 0.25) is 0 Å². The van der Waals surface area contributed by atoms with E-state index in [1.165, 1.54) is 0 Å². The molecule has 0 fully saturated rings. The molecule has 0 aliphatic rings. The van der Waals surface area contributed by atoms with Gasteiger partial charge in [-0.3, -0.25) is 0 Å². The minimum absolute atomic E-state index is 1.69. The normalized spacial score (nSPS) is 10.0. The molecule has 0 aromatic heterocycles. The van der Waals surface area contributed by atoms with Crippen molar-refractivity contribution in [3.8, 4) is 0 Å². The molecule has 5 heavy (non-hydrogen) atoms. The van der Waals surface area contributed by atoms with Gasteiger partial charge in [-0.05, 0) is 12.3 Å². The lowest BCUT2D eigenvalue weighted by Gasteiger charge is -1.62. The zero-order chi connectivity index (χ0) is 4.12. The van der Waals surface area contributed by atoms with Gasteiger partial charge in [-0.25, -0.2) is 0 Å². The third kappa shape index (κ3) is 4.82. The monoisotopic (exact) mass is 200 g/mol. The van der Waals surface area contributed by atoms with Gasteiger partial charge in [0.15, 0.2) is 0 Å². The largest absolute Gasteiger partial charge is 0.0805 e. The Kier molecular flexibility index (Phi) is 5.61. The number of hydrogen-bond donors (Lipinski definition) is 0. The van der Waals surface area contributed by atoms with E-state index in [0.717, 1.165) is 0 Å². The first kappa shape index (κ1) is 5.82. The van der Waals surface area contributed by atoms with Crippen molar-refractivity contribution in [1.82, 2.24) is 0 Å². The highest BCUT2D eigenvalue weighted by Gasteiger charge is 1.54. The van der Waals surface area contributed by atoms with Crippen LogP contribution in [-0.4, -0.2) is 0 Å². The van der Waals surface area contributed by atoms with Crippen LogP contribution in [0.15, 0.2) is 11.5 Å². The zero-order valence-electron chi connectivity index (χ0n) is 2.94. The summed E-state index contributed by atoms with van der Waals surface area (Å²) in [6, 6.07) is 0. The molecular formula is C3H5IS. The van der Waals surface area contributed by atoms with E-state index in [0.29, 0.717) is 0 Å². The van der Waals surface area contributed by atoms with Gasteiger partial charge in [-0.1, -0.05) is 15.0 Å². The Hall–Kier alpha value is 0.820. The Morgan fingerprint density at radius 1 is 1.80 bits per heavy atom. The second-order valence-corrected chi connectivity index (χ2v) is 2.53. The van der Waals surface area contributed by atoms with E-state index in [9.17, 15) is 0 Å². The molecule has 30 valence electrons. The van der Waals surface area contributed by atoms with Crippen molar-refractivity contribution >= 4 is 30.1 Å². The van der Waals surface area contributed by atoms with E-state index in [1.54, 1.807) is 8.93 Å². The fourth-order valence-electron chi connectivity index (χ4n) is 0.0514. The molecule has 0 unspecified atom stereocenters. The van der Waals surface area contributed by atoms with E-state index in [1.807, 2.05) is 18.4 Å². The highest BCUT2D eigenvalue weighted by Crippen LogP contribution is 2.10. The first-order valence-corrected chi connectivity index (χ1v) is 4.72. The molecule has 0 saturated heterocycles. The molecule has 0 radical (unpaired) electrons. The Labute approximate surface area is 48.6 Å². The van der Waals surface area contributed by atoms with Crippen LogP contribution in [0.3, 0.4) is 0 Å². The van der Waals surface area contributed by atoms with E-state index >= 15 is 0 Å². The number of rotatable bonds is 1. The van der Waals surface area contributed by atoms with Gasteiger partial charge >= 0.3 is 0 Å². The fraction of sp³-hybridized carbons (Fsp3) is 0.333. The molecule has 0 aliphatic carbocycles. The quantitative estimate of drug-likeness (QED) is 0.586. The van der Waals surface area contributed by atoms with Crippen LogP contribution in [-0.2, 0) is 0 Å². The summed E-state index contributed by atoms with van der Waals surface area (Å²) >= 11 is 2.22. The van der Waals surface area contributed by atoms with Crippen LogP contribution < -0.4 is 0 Å². The summed E-state index contributed by atoms with van der Waals surface area (Å²) in [6.07, 6.45) is 2.01. The Morgan fingerprint density at radius 2 is 2.40 bits per heavy atom. The number of allylic oxidation sites excluding steroid dienone is 1. The highest BCUT2D eigenvalue weighted by atomic mass is 127. The molecule has 0 aromatic carbocycles. The lowest BCUT2D eigenvalue weighted by Crippen LogP contribution is -1.26. The maximum atomic E-state index is 2.22. The average Bonchev–Trinajstić information content (AvgIpc) is 1.41. The Balaban J connectivity index is 2.62. The second kappa shape index (κ2) is 4.82. The predicted molar refractivity (Wildman–Crippen MR) is 36.4 cm³/mol.